The second kappa shape index (κ2) is 8.58. The van der Waals surface area contributed by atoms with Crippen LogP contribution in [-0.4, -0.2) is 68.3 Å². The molecule has 2 aliphatic rings. The lowest BCUT2D eigenvalue weighted by molar-refractivity contribution is -0.0542. The van der Waals surface area contributed by atoms with Crippen LogP contribution < -0.4 is 5.32 Å². The van der Waals surface area contributed by atoms with Crippen LogP contribution >= 0.6 is 0 Å². The first-order chi connectivity index (χ1) is 12.8. The molecule has 8 heteroatoms. The maximum Gasteiger partial charge on any atom is 0.321 e. The fourth-order valence-electron chi connectivity index (χ4n) is 3.61. The topological polar surface area (TPSA) is 79.0 Å². The first-order valence-corrected chi connectivity index (χ1v) is 11.4. The molecular formula is C19H29N3O4S. The lowest BCUT2D eigenvalue weighted by atomic mass is 10.1. The third-order valence-electron chi connectivity index (χ3n) is 5.29. The van der Waals surface area contributed by atoms with Gasteiger partial charge < -0.3 is 15.0 Å². The molecule has 0 aliphatic carbocycles. The average Bonchev–Trinajstić information content (AvgIpc) is 2.64. The highest BCUT2D eigenvalue weighted by Crippen LogP contribution is 2.22. The highest BCUT2D eigenvalue weighted by molar-refractivity contribution is 7.88. The van der Waals surface area contributed by atoms with E-state index in [1.54, 1.807) is 0 Å². The van der Waals surface area contributed by atoms with E-state index in [-0.39, 0.29) is 18.2 Å². The summed E-state index contributed by atoms with van der Waals surface area (Å²) in [5.41, 5.74) is 1.97. The molecule has 2 heterocycles. The van der Waals surface area contributed by atoms with Crippen LogP contribution in [0.15, 0.2) is 24.3 Å². The Labute approximate surface area is 161 Å². The SMILES string of the molecule is Cc1ccc(NC(=O)N2CCC(OC3CCN(S(C)(=O)=O)CC3)CC2)cc1. The third-order valence-corrected chi connectivity index (χ3v) is 6.59. The minimum Gasteiger partial charge on any atom is -0.375 e. The summed E-state index contributed by atoms with van der Waals surface area (Å²) in [4.78, 5) is 14.2. The van der Waals surface area contributed by atoms with Crippen molar-refractivity contribution in [3.63, 3.8) is 0 Å². The molecule has 2 aliphatic heterocycles. The molecule has 3 rings (SSSR count). The van der Waals surface area contributed by atoms with Crippen LogP contribution in [0.5, 0.6) is 0 Å². The summed E-state index contributed by atoms with van der Waals surface area (Å²) in [7, 11) is -3.10. The van der Waals surface area contributed by atoms with Crippen LogP contribution in [-0.2, 0) is 14.8 Å². The smallest absolute Gasteiger partial charge is 0.321 e. The number of urea groups is 1. The maximum absolute atomic E-state index is 12.4. The quantitative estimate of drug-likeness (QED) is 0.849. The van der Waals surface area contributed by atoms with Gasteiger partial charge in [-0.05, 0) is 44.7 Å². The minimum absolute atomic E-state index is 0.0706. The number of aryl methyl sites for hydroxylation is 1. The Morgan fingerprint density at radius 3 is 2.04 bits per heavy atom. The van der Waals surface area contributed by atoms with E-state index < -0.39 is 10.0 Å². The monoisotopic (exact) mass is 395 g/mol. The highest BCUT2D eigenvalue weighted by Gasteiger charge is 2.29. The second-order valence-corrected chi connectivity index (χ2v) is 9.46. The van der Waals surface area contributed by atoms with Gasteiger partial charge in [0.2, 0.25) is 10.0 Å². The normalized spacial score (nSPS) is 20.6. The van der Waals surface area contributed by atoms with E-state index in [2.05, 4.69) is 5.32 Å². The highest BCUT2D eigenvalue weighted by atomic mass is 32.2. The van der Waals surface area contributed by atoms with Crippen LogP contribution in [0.3, 0.4) is 0 Å². The van der Waals surface area contributed by atoms with Crippen molar-refractivity contribution >= 4 is 21.7 Å². The molecule has 0 saturated carbocycles. The summed E-state index contributed by atoms with van der Waals surface area (Å²) in [6.45, 7) is 4.42. The van der Waals surface area contributed by atoms with Crippen LogP contribution in [0.2, 0.25) is 0 Å². The number of carbonyl (C=O) groups excluding carboxylic acids is 1. The molecule has 2 fully saturated rings. The van der Waals surface area contributed by atoms with Gasteiger partial charge in [0.25, 0.3) is 0 Å². The average molecular weight is 396 g/mol. The van der Waals surface area contributed by atoms with Gasteiger partial charge in [0, 0.05) is 31.9 Å². The van der Waals surface area contributed by atoms with Crippen LogP contribution in [0, 0.1) is 6.92 Å². The standard InChI is InChI=1S/C19H29N3O4S/c1-15-3-5-16(6-4-15)20-19(23)21-11-7-17(8-12-21)26-18-9-13-22(14-10-18)27(2,24)25/h3-6,17-18H,7-14H2,1-2H3,(H,20,23). The number of rotatable bonds is 4. The molecule has 0 unspecified atom stereocenters. The molecule has 0 atom stereocenters. The van der Waals surface area contributed by atoms with Gasteiger partial charge in [-0.1, -0.05) is 17.7 Å². The lowest BCUT2D eigenvalue weighted by Crippen LogP contribution is -2.45. The van der Waals surface area contributed by atoms with Gasteiger partial charge >= 0.3 is 6.03 Å². The predicted octanol–water partition coefficient (Wildman–Crippen LogP) is 2.43. The number of nitrogens with zero attached hydrogens (tertiary/aromatic N) is 2. The zero-order valence-electron chi connectivity index (χ0n) is 16.1. The number of carbonyl (C=O) groups is 1. The van der Waals surface area contributed by atoms with Gasteiger partial charge in [-0.2, -0.15) is 0 Å². The molecule has 1 aromatic rings. The Bertz CT molecular complexity index is 735. The molecule has 7 nitrogen and oxygen atoms in total. The van der Waals surface area contributed by atoms with E-state index in [1.165, 1.54) is 10.6 Å². The number of hydrogen-bond acceptors (Lipinski definition) is 4. The second-order valence-electron chi connectivity index (χ2n) is 7.48. The molecule has 0 aromatic heterocycles. The number of anilines is 1. The van der Waals surface area contributed by atoms with Crippen molar-refractivity contribution in [2.75, 3.05) is 37.8 Å². The largest absolute Gasteiger partial charge is 0.375 e. The maximum atomic E-state index is 12.4. The fourth-order valence-corrected chi connectivity index (χ4v) is 4.48. The fraction of sp³-hybridized carbons (Fsp3) is 0.632. The summed E-state index contributed by atoms with van der Waals surface area (Å²) in [6, 6.07) is 7.70. The van der Waals surface area contributed by atoms with Crippen molar-refractivity contribution in [2.45, 2.75) is 44.8 Å². The van der Waals surface area contributed by atoms with Crippen molar-refractivity contribution in [3.8, 4) is 0 Å². The van der Waals surface area contributed by atoms with E-state index in [4.69, 9.17) is 4.74 Å². The van der Waals surface area contributed by atoms with E-state index in [0.29, 0.717) is 26.2 Å². The zero-order valence-corrected chi connectivity index (χ0v) is 16.9. The summed E-state index contributed by atoms with van der Waals surface area (Å²) in [6.07, 6.45) is 4.61. The zero-order chi connectivity index (χ0) is 19.4. The minimum atomic E-state index is -3.10. The van der Waals surface area contributed by atoms with E-state index in [0.717, 1.165) is 36.9 Å². The Morgan fingerprint density at radius 2 is 1.52 bits per heavy atom. The first-order valence-electron chi connectivity index (χ1n) is 9.54. The van der Waals surface area contributed by atoms with Gasteiger partial charge in [0.15, 0.2) is 0 Å². The van der Waals surface area contributed by atoms with E-state index in [1.807, 2.05) is 36.1 Å². The molecule has 0 radical (unpaired) electrons. The number of piperidine rings is 2. The van der Waals surface area contributed by atoms with Gasteiger partial charge in [0.05, 0.1) is 18.5 Å². The summed E-state index contributed by atoms with van der Waals surface area (Å²) < 4.78 is 30.8. The molecule has 27 heavy (non-hydrogen) atoms. The third kappa shape index (κ3) is 5.67. The van der Waals surface area contributed by atoms with Crippen molar-refractivity contribution in [3.05, 3.63) is 29.8 Å². The van der Waals surface area contributed by atoms with Crippen LogP contribution in [0.1, 0.15) is 31.2 Å². The molecule has 1 aromatic carbocycles. The summed E-state index contributed by atoms with van der Waals surface area (Å²) in [5.74, 6) is 0. The Morgan fingerprint density at radius 1 is 1.00 bits per heavy atom. The Kier molecular flexibility index (Phi) is 6.39. The molecule has 1 N–H and O–H groups in total. The Balaban J connectivity index is 1.40. The Hall–Kier alpha value is -1.64. The number of sulfonamides is 1. The van der Waals surface area contributed by atoms with Gasteiger partial charge in [-0.25, -0.2) is 17.5 Å². The van der Waals surface area contributed by atoms with E-state index in [9.17, 15) is 13.2 Å². The van der Waals surface area contributed by atoms with Gasteiger partial charge in [-0.15, -0.1) is 0 Å². The molecular weight excluding hydrogens is 366 g/mol. The first kappa shape index (κ1) is 20.1. The number of ether oxygens (including phenoxy) is 1. The van der Waals surface area contributed by atoms with Crippen molar-refractivity contribution in [1.82, 2.24) is 9.21 Å². The number of benzene rings is 1. The predicted molar refractivity (Wildman–Crippen MR) is 105 cm³/mol. The van der Waals surface area contributed by atoms with Gasteiger partial charge in [-0.3, -0.25) is 0 Å². The number of likely N-dealkylation sites (tertiary alicyclic amines) is 1. The molecule has 150 valence electrons. The van der Waals surface area contributed by atoms with E-state index >= 15 is 0 Å². The molecule has 0 spiro atoms. The van der Waals surface area contributed by atoms with Crippen molar-refractivity contribution in [1.29, 1.82) is 0 Å². The molecule has 2 amide bonds. The van der Waals surface area contributed by atoms with Gasteiger partial charge in [0.1, 0.15) is 0 Å². The number of nitrogens with one attached hydrogen (secondary N) is 1. The lowest BCUT2D eigenvalue weighted by Gasteiger charge is -2.36. The van der Waals surface area contributed by atoms with Crippen LogP contribution in [0.4, 0.5) is 10.5 Å². The van der Waals surface area contributed by atoms with Crippen molar-refractivity contribution in [2.24, 2.45) is 0 Å². The number of amides is 2. The molecule has 0 bridgehead atoms. The van der Waals surface area contributed by atoms with Crippen molar-refractivity contribution < 1.29 is 17.9 Å². The van der Waals surface area contributed by atoms with Crippen LogP contribution in [0.25, 0.3) is 0 Å². The summed E-state index contributed by atoms with van der Waals surface area (Å²) in [5, 5.41) is 2.94. The number of hydrogen-bond donors (Lipinski definition) is 1. The summed E-state index contributed by atoms with van der Waals surface area (Å²) >= 11 is 0. The molecule has 2 saturated heterocycles.